The second kappa shape index (κ2) is 4.15. The van der Waals surface area contributed by atoms with Gasteiger partial charge in [0.15, 0.2) is 4.77 Å². The molecule has 1 N–H and O–H groups in total. The van der Waals surface area contributed by atoms with Crippen LogP contribution in [0.1, 0.15) is 30.9 Å². The fraction of sp³-hybridized carbons (Fsp3) is 0.357. The first-order chi connectivity index (χ1) is 8.27. The van der Waals surface area contributed by atoms with Gasteiger partial charge in [0, 0.05) is 6.04 Å². The van der Waals surface area contributed by atoms with Crippen LogP contribution in [-0.2, 0) is 0 Å². The highest BCUT2D eigenvalue weighted by Crippen LogP contribution is 2.29. The van der Waals surface area contributed by atoms with Gasteiger partial charge in [-0.25, -0.2) is 0 Å². The van der Waals surface area contributed by atoms with Crippen molar-refractivity contribution in [2.45, 2.75) is 32.2 Å². The van der Waals surface area contributed by atoms with E-state index in [0.717, 1.165) is 17.6 Å². The van der Waals surface area contributed by atoms with Crippen molar-refractivity contribution in [3.63, 3.8) is 0 Å². The maximum Gasteiger partial charge on any atom is 0.178 e. The van der Waals surface area contributed by atoms with Gasteiger partial charge < -0.3 is 9.55 Å². The number of aromatic nitrogens is 2. The normalized spacial score (nSPS) is 19.9. The van der Waals surface area contributed by atoms with E-state index in [1.54, 1.807) is 0 Å². The molecule has 0 radical (unpaired) electrons. The van der Waals surface area contributed by atoms with Crippen molar-refractivity contribution >= 4 is 23.3 Å². The standard InChI is InChI=1S/C14H16N2S/c1-10-6-5-9-12-13(10)15-14(17)16(12)11-7-3-2-4-8-11/h2-3,5-6,9,11H,4,7-8H2,1H3,(H,15,17). The first kappa shape index (κ1) is 10.8. The molecule has 1 aromatic carbocycles. The summed E-state index contributed by atoms with van der Waals surface area (Å²) < 4.78 is 3.15. The highest BCUT2D eigenvalue weighted by molar-refractivity contribution is 7.71. The number of aromatic amines is 1. The van der Waals surface area contributed by atoms with E-state index in [4.69, 9.17) is 12.2 Å². The number of fused-ring (bicyclic) bond motifs is 1. The number of hydrogen-bond acceptors (Lipinski definition) is 1. The summed E-state index contributed by atoms with van der Waals surface area (Å²) in [5.74, 6) is 0. The van der Waals surface area contributed by atoms with Crippen molar-refractivity contribution in [2.75, 3.05) is 0 Å². The van der Waals surface area contributed by atoms with Crippen LogP contribution in [0.2, 0.25) is 0 Å². The topological polar surface area (TPSA) is 20.7 Å². The van der Waals surface area contributed by atoms with Crippen LogP contribution in [0.3, 0.4) is 0 Å². The lowest BCUT2D eigenvalue weighted by Gasteiger charge is -2.20. The molecule has 0 aliphatic heterocycles. The number of benzene rings is 1. The molecular weight excluding hydrogens is 228 g/mol. The summed E-state index contributed by atoms with van der Waals surface area (Å²) >= 11 is 5.48. The van der Waals surface area contributed by atoms with E-state index in [2.05, 4.69) is 46.8 Å². The summed E-state index contributed by atoms with van der Waals surface area (Å²) in [5.41, 5.74) is 3.70. The highest BCUT2D eigenvalue weighted by atomic mass is 32.1. The number of hydrogen-bond donors (Lipinski definition) is 1. The molecule has 1 aliphatic carbocycles. The van der Waals surface area contributed by atoms with Crippen LogP contribution in [-0.4, -0.2) is 9.55 Å². The molecule has 0 amide bonds. The Kier molecular flexibility index (Phi) is 2.63. The predicted molar refractivity (Wildman–Crippen MR) is 73.9 cm³/mol. The summed E-state index contributed by atoms with van der Waals surface area (Å²) in [6, 6.07) is 6.91. The lowest BCUT2D eigenvalue weighted by molar-refractivity contribution is 0.467. The van der Waals surface area contributed by atoms with Crippen LogP contribution in [0.4, 0.5) is 0 Å². The van der Waals surface area contributed by atoms with Crippen LogP contribution in [0.15, 0.2) is 30.4 Å². The molecule has 1 aromatic heterocycles. The molecule has 1 atom stereocenters. The van der Waals surface area contributed by atoms with Crippen LogP contribution >= 0.6 is 12.2 Å². The average Bonchev–Trinajstić information content (AvgIpc) is 2.68. The average molecular weight is 244 g/mol. The third kappa shape index (κ3) is 1.75. The molecule has 0 saturated heterocycles. The van der Waals surface area contributed by atoms with Crippen molar-refractivity contribution < 1.29 is 0 Å². The summed E-state index contributed by atoms with van der Waals surface area (Å²) in [6.45, 7) is 2.12. The molecule has 0 fully saturated rings. The molecular formula is C14H16N2S. The van der Waals surface area contributed by atoms with Crippen molar-refractivity contribution in [3.8, 4) is 0 Å². The molecule has 1 unspecified atom stereocenters. The number of nitrogens with zero attached hydrogens (tertiary/aromatic N) is 1. The first-order valence-corrected chi connectivity index (χ1v) is 6.53. The van der Waals surface area contributed by atoms with Gasteiger partial charge in [-0.3, -0.25) is 0 Å². The smallest absolute Gasteiger partial charge is 0.178 e. The molecule has 3 heteroatoms. The fourth-order valence-corrected chi connectivity index (χ4v) is 3.02. The second-order valence-electron chi connectivity index (χ2n) is 4.71. The van der Waals surface area contributed by atoms with Crippen LogP contribution in [0.25, 0.3) is 11.0 Å². The van der Waals surface area contributed by atoms with Gasteiger partial charge in [-0.05, 0) is 50.0 Å². The van der Waals surface area contributed by atoms with Crippen molar-refractivity contribution in [1.29, 1.82) is 0 Å². The lowest BCUT2D eigenvalue weighted by Crippen LogP contribution is -2.10. The molecule has 88 valence electrons. The molecule has 0 saturated carbocycles. The maximum absolute atomic E-state index is 5.48. The minimum atomic E-state index is 0.517. The van der Waals surface area contributed by atoms with E-state index in [-0.39, 0.29) is 0 Å². The summed E-state index contributed by atoms with van der Waals surface area (Å²) in [7, 11) is 0. The molecule has 2 nitrogen and oxygen atoms in total. The number of rotatable bonds is 1. The zero-order valence-corrected chi connectivity index (χ0v) is 10.8. The third-order valence-electron chi connectivity index (χ3n) is 3.57. The van der Waals surface area contributed by atoms with Crippen LogP contribution in [0.5, 0.6) is 0 Å². The van der Waals surface area contributed by atoms with E-state index in [9.17, 15) is 0 Å². The third-order valence-corrected chi connectivity index (χ3v) is 3.87. The second-order valence-corrected chi connectivity index (χ2v) is 5.09. The quantitative estimate of drug-likeness (QED) is 0.586. The summed E-state index contributed by atoms with van der Waals surface area (Å²) in [6.07, 6.45) is 7.97. The van der Waals surface area contributed by atoms with Crippen molar-refractivity contribution in [1.82, 2.24) is 9.55 Å². The maximum atomic E-state index is 5.48. The van der Waals surface area contributed by atoms with E-state index in [1.165, 1.54) is 23.0 Å². The Morgan fingerprint density at radius 2 is 2.24 bits per heavy atom. The van der Waals surface area contributed by atoms with Gasteiger partial charge >= 0.3 is 0 Å². The fourth-order valence-electron chi connectivity index (χ4n) is 2.67. The van der Waals surface area contributed by atoms with E-state index >= 15 is 0 Å². The van der Waals surface area contributed by atoms with Crippen LogP contribution in [0, 0.1) is 11.7 Å². The Labute approximate surface area is 106 Å². The zero-order chi connectivity index (χ0) is 11.8. The summed E-state index contributed by atoms with van der Waals surface area (Å²) in [5, 5.41) is 0. The Balaban J connectivity index is 2.22. The Bertz CT molecular complexity index is 633. The molecule has 0 spiro atoms. The minimum Gasteiger partial charge on any atom is -0.330 e. The SMILES string of the molecule is Cc1cccc2c1[nH]c(=S)n2C1CC=CCC1. The largest absolute Gasteiger partial charge is 0.330 e. The first-order valence-electron chi connectivity index (χ1n) is 6.12. The number of imidazole rings is 1. The van der Waals surface area contributed by atoms with E-state index in [0.29, 0.717) is 6.04 Å². The van der Waals surface area contributed by atoms with E-state index in [1.807, 2.05) is 0 Å². The van der Waals surface area contributed by atoms with Gasteiger partial charge in [0.25, 0.3) is 0 Å². The number of aryl methyl sites for hydroxylation is 1. The molecule has 0 bridgehead atoms. The monoisotopic (exact) mass is 244 g/mol. The number of para-hydroxylation sites is 1. The van der Waals surface area contributed by atoms with Gasteiger partial charge in [-0.15, -0.1) is 0 Å². The molecule has 2 aromatic rings. The van der Waals surface area contributed by atoms with Gasteiger partial charge in [-0.1, -0.05) is 24.3 Å². The Hall–Kier alpha value is -1.35. The number of H-pyrrole nitrogens is 1. The number of allylic oxidation sites excluding steroid dienone is 2. The zero-order valence-electron chi connectivity index (χ0n) is 9.94. The molecule has 17 heavy (non-hydrogen) atoms. The Morgan fingerprint density at radius 3 is 3.00 bits per heavy atom. The van der Waals surface area contributed by atoms with Gasteiger partial charge in [0.05, 0.1) is 11.0 Å². The van der Waals surface area contributed by atoms with Crippen molar-refractivity contribution in [3.05, 3.63) is 40.7 Å². The lowest BCUT2D eigenvalue weighted by atomic mass is 10.0. The summed E-state index contributed by atoms with van der Waals surface area (Å²) in [4.78, 5) is 3.35. The van der Waals surface area contributed by atoms with Gasteiger partial charge in [-0.2, -0.15) is 0 Å². The Morgan fingerprint density at radius 1 is 1.35 bits per heavy atom. The van der Waals surface area contributed by atoms with Gasteiger partial charge in [0.2, 0.25) is 0 Å². The number of nitrogens with one attached hydrogen (secondary N) is 1. The minimum absolute atomic E-state index is 0.517. The van der Waals surface area contributed by atoms with Gasteiger partial charge in [0.1, 0.15) is 0 Å². The molecule has 3 rings (SSSR count). The van der Waals surface area contributed by atoms with Crippen LogP contribution < -0.4 is 0 Å². The molecule has 1 heterocycles. The van der Waals surface area contributed by atoms with Crippen molar-refractivity contribution in [2.24, 2.45) is 0 Å². The highest BCUT2D eigenvalue weighted by Gasteiger charge is 2.16. The predicted octanol–water partition coefficient (Wildman–Crippen LogP) is 4.29. The van der Waals surface area contributed by atoms with E-state index < -0.39 is 0 Å². The molecule has 1 aliphatic rings.